The van der Waals surface area contributed by atoms with Gasteiger partial charge in [-0.05, 0) is 73.4 Å². The Labute approximate surface area is 194 Å². The Morgan fingerprint density at radius 2 is 1.64 bits per heavy atom. The van der Waals surface area contributed by atoms with Crippen LogP contribution in [0.2, 0.25) is 0 Å². The first kappa shape index (κ1) is 21.3. The van der Waals surface area contributed by atoms with Crippen molar-refractivity contribution in [2.45, 2.75) is 26.0 Å². The van der Waals surface area contributed by atoms with E-state index in [9.17, 15) is 4.79 Å². The first-order valence-electron chi connectivity index (χ1n) is 11.4. The molecule has 2 aliphatic heterocycles. The third-order valence-corrected chi connectivity index (χ3v) is 6.12. The minimum Gasteiger partial charge on any atom is -0.475 e. The first-order chi connectivity index (χ1) is 16.2. The van der Waals surface area contributed by atoms with Gasteiger partial charge in [-0.2, -0.15) is 0 Å². The van der Waals surface area contributed by atoms with Crippen molar-refractivity contribution in [2.75, 3.05) is 19.9 Å². The summed E-state index contributed by atoms with van der Waals surface area (Å²) in [6.45, 7) is 4.44. The van der Waals surface area contributed by atoms with E-state index < -0.39 is 0 Å². The largest absolute Gasteiger partial charge is 0.475 e. The van der Waals surface area contributed by atoms with Gasteiger partial charge < -0.3 is 14.2 Å². The molecule has 0 aromatic heterocycles. The van der Waals surface area contributed by atoms with Crippen LogP contribution < -0.4 is 14.2 Å². The minimum atomic E-state index is -0.0435. The van der Waals surface area contributed by atoms with Crippen molar-refractivity contribution in [3.05, 3.63) is 89.5 Å². The second-order valence-corrected chi connectivity index (χ2v) is 8.35. The number of Topliss-reactive ketones (excluding diaryl/α,β-unsaturated/α-hetero) is 1. The zero-order chi connectivity index (χ0) is 22.6. The highest BCUT2D eigenvalue weighted by Crippen LogP contribution is 2.34. The second kappa shape index (κ2) is 9.51. The highest BCUT2D eigenvalue weighted by atomic mass is 16.7. The van der Waals surface area contributed by atoms with Crippen LogP contribution in [-0.2, 0) is 0 Å². The third-order valence-electron chi connectivity index (χ3n) is 6.12. The quantitative estimate of drug-likeness (QED) is 0.269. The van der Waals surface area contributed by atoms with Gasteiger partial charge in [-0.3, -0.25) is 9.69 Å². The molecule has 5 rings (SSSR count). The normalized spacial score (nSPS) is 16.6. The number of benzene rings is 3. The molecular formula is C28H27NO4. The maximum atomic E-state index is 13.6. The zero-order valence-electron chi connectivity index (χ0n) is 18.7. The van der Waals surface area contributed by atoms with Crippen molar-refractivity contribution >= 4 is 17.4 Å². The molecule has 0 aliphatic carbocycles. The lowest BCUT2D eigenvalue weighted by molar-refractivity contribution is 0.0592. The topological polar surface area (TPSA) is 48.0 Å². The molecule has 0 bridgehead atoms. The molecule has 0 amide bonds. The van der Waals surface area contributed by atoms with Gasteiger partial charge in [0.25, 0.3) is 0 Å². The molecule has 5 nitrogen and oxygen atoms in total. The van der Waals surface area contributed by atoms with E-state index >= 15 is 0 Å². The molecule has 0 N–H and O–H groups in total. The van der Waals surface area contributed by atoms with E-state index in [1.165, 1.54) is 12.8 Å². The number of ether oxygens (including phenoxy) is 3. The fourth-order valence-electron chi connectivity index (χ4n) is 4.28. The van der Waals surface area contributed by atoms with Crippen molar-refractivity contribution in [1.29, 1.82) is 0 Å². The van der Waals surface area contributed by atoms with Crippen LogP contribution in [0.1, 0.15) is 41.3 Å². The van der Waals surface area contributed by atoms with Gasteiger partial charge in [0.05, 0.1) is 0 Å². The summed E-state index contributed by atoms with van der Waals surface area (Å²) < 4.78 is 17.0. The second-order valence-electron chi connectivity index (χ2n) is 8.35. The van der Waals surface area contributed by atoms with Gasteiger partial charge in [0, 0.05) is 24.2 Å². The van der Waals surface area contributed by atoms with Crippen molar-refractivity contribution < 1.29 is 19.0 Å². The smallest absolute Gasteiger partial charge is 0.231 e. The lowest BCUT2D eigenvalue weighted by Crippen LogP contribution is -2.34. The van der Waals surface area contributed by atoms with Crippen LogP contribution >= 0.6 is 0 Å². The average Bonchev–Trinajstić information content (AvgIpc) is 3.55. The van der Waals surface area contributed by atoms with Gasteiger partial charge >= 0.3 is 0 Å². The lowest BCUT2D eigenvalue weighted by atomic mass is 9.94. The Hall–Kier alpha value is -3.57. The molecule has 3 aromatic carbocycles. The van der Waals surface area contributed by atoms with Crippen molar-refractivity contribution in [3.8, 4) is 17.2 Å². The van der Waals surface area contributed by atoms with Crippen LogP contribution in [0.3, 0.4) is 0 Å². The molecule has 0 saturated carbocycles. The van der Waals surface area contributed by atoms with E-state index in [1.54, 1.807) is 0 Å². The number of hydrogen-bond donors (Lipinski definition) is 0. The van der Waals surface area contributed by atoms with E-state index in [-0.39, 0.29) is 18.8 Å². The molecule has 1 saturated heterocycles. The Morgan fingerprint density at radius 1 is 0.909 bits per heavy atom. The summed E-state index contributed by atoms with van der Waals surface area (Å²) in [6, 6.07) is 22.9. The van der Waals surface area contributed by atoms with Crippen molar-refractivity contribution in [1.82, 2.24) is 4.90 Å². The zero-order valence-corrected chi connectivity index (χ0v) is 18.7. The number of nitrogens with zero attached hydrogens (tertiary/aromatic N) is 1. The van der Waals surface area contributed by atoms with Crippen LogP contribution in [0.25, 0.3) is 11.6 Å². The Balaban J connectivity index is 1.40. The van der Waals surface area contributed by atoms with E-state index in [4.69, 9.17) is 14.2 Å². The highest BCUT2D eigenvalue weighted by Gasteiger charge is 2.20. The number of carbonyl (C=O) groups is 1. The molecule has 0 spiro atoms. The lowest BCUT2D eigenvalue weighted by Gasteiger charge is -2.24. The minimum absolute atomic E-state index is 0.0276. The van der Waals surface area contributed by atoms with Gasteiger partial charge in [-0.25, -0.2) is 0 Å². The summed E-state index contributed by atoms with van der Waals surface area (Å²) in [7, 11) is 0. The number of likely N-dealkylation sites (tertiary alicyclic amines) is 1. The molecule has 1 unspecified atom stereocenters. The van der Waals surface area contributed by atoms with Gasteiger partial charge in [-0.1, -0.05) is 36.4 Å². The van der Waals surface area contributed by atoms with E-state index in [2.05, 4.69) is 11.8 Å². The van der Waals surface area contributed by atoms with E-state index in [0.29, 0.717) is 16.9 Å². The van der Waals surface area contributed by atoms with Crippen LogP contribution in [0.4, 0.5) is 0 Å². The molecule has 1 atom stereocenters. The maximum absolute atomic E-state index is 13.6. The van der Waals surface area contributed by atoms with Crippen molar-refractivity contribution in [3.63, 3.8) is 0 Å². The van der Waals surface area contributed by atoms with E-state index in [0.717, 1.165) is 35.7 Å². The maximum Gasteiger partial charge on any atom is 0.231 e. The fraction of sp³-hybridized carbons (Fsp3) is 0.250. The third kappa shape index (κ3) is 4.78. The average molecular weight is 442 g/mol. The molecule has 2 aliphatic rings. The highest BCUT2D eigenvalue weighted by molar-refractivity contribution is 6.32. The Bertz CT molecular complexity index is 1150. The number of allylic oxidation sites excluding steroid dienone is 1. The van der Waals surface area contributed by atoms with Gasteiger partial charge in [0.2, 0.25) is 6.79 Å². The number of fused-ring (bicyclic) bond motifs is 1. The van der Waals surface area contributed by atoms with Gasteiger partial charge in [0.1, 0.15) is 12.0 Å². The van der Waals surface area contributed by atoms with Gasteiger partial charge in [-0.15, -0.1) is 0 Å². The number of hydrogen-bond acceptors (Lipinski definition) is 5. The molecule has 3 aromatic rings. The van der Waals surface area contributed by atoms with Crippen LogP contribution in [-0.4, -0.2) is 36.8 Å². The standard InChI is InChI=1S/C28H27NO4/c1-20(29-15-5-6-16-29)33-24-12-10-23(11-13-24)28(30)25(22-7-3-2-4-8-22)17-21-9-14-26-27(18-21)32-19-31-26/h2-4,7-14,17-18,20H,5-6,15-16,19H2,1H3/b25-17+. The summed E-state index contributed by atoms with van der Waals surface area (Å²) in [6.07, 6.45) is 4.37. The van der Waals surface area contributed by atoms with E-state index in [1.807, 2.05) is 78.9 Å². The number of ketones is 1. The van der Waals surface area contributed by atoms with Gasteiger partial charge in [0.15, 0.2) is 17.3 Å². The summed E-state index contributed by atoms with van der Waals surface area (Å²) in [5, 5.41) is 0. The monoisotopic (exact) mass is 441 g/mol. The molecule has 0 radical (unpaired) electrons. The Kier molecular flexibility index (Phi) is 6.13. The fourth-order valence-corrected chi connectivity index (χ4v) is 4.28. The molecular weight excluding hydrogens is 414 g/mol. The van der Waals surface area contributed by atoms with Crippen LogP contribution in [0.15, 0.2) is 72.8 Å². The predicted octanol–water partition coefficient (Wildman–Crippen LogP) is 5.66. The molecule has 33 heavy (non-hydrogen) atoms. The summed E-state index contributed by atoms with van der Waals surface area (Å²) in [5.74, 6) is 2.14. The predicted molar refractivity (Wildman–Crippen MR) is 129 cm³/mol. The van der Waals surface area contributed by atoms with Crippen molar-refractivity contribution in [2.24, 2.45) is 0 Å². The van der Waals surface area contributed by atoms with Crippen LogP contribution in [0.5, 0.6) is 17.2 Å². The Morgan fingerprint density at radius 3 is 2.39 bits per heavy atom. The number of carbonyl (C=O) groups excluding carboxylic acids is 1. The first-order valence-corrected chi connectivity index (χ1v) is 11.4. The molecule has 168 valence electrons. The SMILES string of the molecule is CC(Oc1ccc(C(=O)/C(=C/c2ccc3c(c2)OCO3)c2ccccc2)cc1)N1CCCC1. The summed E-state index contributed by atoms with van der Waals surface area (Å²) in [4.78, 5) is 15.9. The number of rotatable bonds is 7. The molecule has 1 fully saturated rings. The summed E-state index contributed by atoms with van der Waals surface area (Å²) >= 11 is 0. The molecule has 2 heterocycles. The van der Waals surface area contributed by atoms with Crippen LogP contribution in [0, 0.1) is 0 Å². The molecule has 5 heteroatoms. The summed E-state index contributed by atoms with van der Waals surface area (Å²) in [5.41, 5.74) is 2.98.